The number of alkyl halides is 1. The molecule has 1 aromatic rings. The second kappa shape index (κ2) is 7.52. The summed E-state index contributed by atoms with van der Waals surface area (Å²) in [5, 5.41) is 0. The maximum atomic E-state index is 5.97. The average Bonchev–Trinajstić information content (AvgIpc) is 2.42. The predicted molar refractivity (Wildman–Crippen MR) is 82.1 cm³/mol. The van der Waals surface area contributed by atoms with E-state index in [1.54, 1.807) is 0 Å². The first-order valence-corrected chi connectivity index (χ1v) is 8.17. The molecule has 18 heavy (non-hydrogen) atoms. The van der Waals surface area contributed by atoms with Crippen LogP contribution < -0.4 is 0 Å². The molecule has 3 heteroatoms. The van der Waals surface area contributed by atoms with Crippen LogP contribution in [0.3, 0.4) is 0 Å². The van der Waals surface area contributed by atoms with Crippen molar-refractivity contribution < 1.29 is 0 Å². The monoisotopic (exact) mass is 329 g/mol. The summed E-state index contributed by atoms with van der Waals surface area (Å²) in [4.78, 5) is 2.56. The fraction of sp³-hybridized carbons (Fsp3) is 0.600. The van der Waals surface area contributed by atoms with Gasteiger partial charge in [-0.15, -0.1) is 11.6 Å². The fourth-order valence-corrected chi connectivity index (χ4v) is 3.42. The molecule has 0 aliphatic heterocycles. The Morgan fingerprint density at radius 1 is 1.17 bits per heavy atom. The third kappa shape index (κ3) is 3.97. The number of hydrogen-bond donors (Lipinski definition) is 0. The average molecular weight is 331 g/mol. The van der Waals surface area contributed by atoms with Crippen LogP contribution >= 0.6 is 27.5 Å². The molecular weight excluding hydrogens is 310 g/mol. The van der Waals surface area contributed by atoms with E-state index in [-0.39, 0.29) is 0 Å². The number of halogens is 2. The molecule has 0 aromatic heterocycles. The van der Waals surface area contributed by atoms with Crippen molar-refractivity contribution in [3.8, 4) is 0 Å². The zero-order valence-corrected chi connectivity index (χ0v) is 13.1. The van der Waals surface area contributed by atoms with Gasteiger partial charge in [-0.1, -0.05) is 53.4 Å². The summed E-state index contributed by atoms with van der Waals surface area (Å²) < 4.78 is 1.21. The molecule has 1 nitrogen and oxygen atoms in total. The minimum atomic E-state index is 0.723. The van der Waals surface area contributed by atoms with E-state index in [1.807, 2.05) is 0 Å². The molecule has 1 aliphatic rings. The Labute approximate surface area is 124 Å². The standard InChI is InChI=1S/C15H21BrClN/c16-15-9-5-4-6-13(15)12-18(11-10-17)14-7-2-1-3-8-14/h4-6,9,14H,1-3,7-8,10-12H2. The highest BCUT2D eigenvalue weighted by Gasteiger charge is 2.21. The molecule has 1 saturated carbocycles. The Hall–Kier alpha value is -0.0500. The molecule has 0 atom stereocenters. The van der Waals surface area contributed by atoms with E-state index in [2.05, 4.69) is 45.1 Å². The highest BCUT2D eigenvalue weighted by atomic mass is 79.9. The van der Waals surface area contributed by atoms with Gasteiger partial charge in [0.05, 0.1) is 0 Å². The van der Waals surface area contributed by atoms with Gasteiger partial charge in [-0.2, -0.15) is 0 Å². The van der Waals surface area contributed by atoms with Gasteiger partial charge in [-0.25, -0.2) is 0 Å². The van der Waals surface area contributed by atoms with E-state index < -0.39 is 0 Å². The van der Waals surface area contributed by atoms with Gasteiger partial charge in [0.15, 0.2) is 0 Å². The normalized spacial score (nSPS) is 17.3. The first-order chi connectivity index (χ1) is 8.81. The van der Waals surface area contributed by atoms with Crippen molar-refractivity contribution in [2.75, 3.05) is 12.4 Å². The Kier molecular flexibility index (Phi) is 6.00. The SMILES string of the molecule is ClCCN(Cc1ccccc1Br)C1CCCCC1. The molecule has 0 spiro atoms. The van der Waals surface area contributed by atoms with Gasteiger partial charge < -0.3 is 0 Å². The van der Waals surface area contributed by atoms with Crippen molar-refractivity contribution in [2.24, 2.45) is 0 Å². The van der Waals surface area contributed by atoms with E-state index >= 15 is 0 Å². The lowest BCUT2D eigenvalue weighted by Gasteiger charge is -2.34. The molecule has 1 aliphatic carbocycles. The number of nitrogens with zero attached hydrogens (tertiary/aromatic N) is 1. The van der Waals surface area contributed by atoms with Crippen LogP contribution in [0, 0.1) is 0 Å². The van der Waals surface area contributed by atoms with Crippen molar-refractivity contribution in [2.45, 2.75) is 44.7 Å². The van der Waals surface area contributed by atoms with Gasteiger partial charge in [0.2, 0.25) is 0 Å². The van der Waals surface area contributed by atoms with Crippen LogP contribution in [-0.4, -0.2) is 23.4 Å². The van der Waals surface area contributed by atoms with Crippen molar-refractivity contribution in [3.63, 3.8) is 0 Å². The molecule has 0 N–H and O–H groups in total. The summed E-state index contributed by atoms with van der Waals surface area (Å²) >= 11 is 9.61. The van der Waals surface area contributed by atoms with Crippen LogP contribution in [0.4, 0.5) is 0 Å². The predicted octanol–water partition coefficient (Wildman–Crippen LogP) is 4.82. The van der Waals surface area contributed by atoms with Crippen LogP contribution in [-0.2, 0) is 6.54 Å². The lowest BCUT2D eigenvalue weighted by Crippen LogP contribution is -2.37. The van der Waals surface area contributed by atoms with Crippen LogP contribution in [0.15, 0.2) is 28.7 Å². The van der Waals surface area contributed by atoms with Gasteiger partial charge in [0, 0.05) is 29.5 Å². The highest BCUT2D eigenvalue weighted by molar-refractivity contribution is 9.10. The summed E-state index contributed by atoms with van der Waals surface area (Å²) in [6.45, 7) is 2.01. The molecule has 0 saturated heterocycles. The molecule has 0 radical (unpaired) electrons. The van der Waals surface area contributed by atoms with Gasteiger partial charge >= 0.3 is 0 Å². The number of rotatable bonds is 5. The minimum absolute atomic E-state index is 0.723. The molecule has 1 fully saturated rings. The lowest BCUT2D eigenvalue weighted by atomic mass is 9.94. The third-order valence-corrected chi connectivity index (χ3v) is 4.74. The molecule has 0 heterocycles. The molecule has 2 rings (SSSR count). The first-order valence-electron chi connectivity index (χ1n) is 6.84. The Bertz CT molecular complexity index is 363. The minimum Gasteiger partial charge on any atom is -0.295 e. The Balaban J connectivity index is 2.03. The second-order valence-corrected chi connectivity index (χ2v) is 6.28. The zero-order valence-electron chi connectivity index (χ0n) is 10.7. The molecule has 0 bridgehead atoms. The smallest absolute Gasteiger partial charge is 0.0351 e. The molecular formula is C15H21BrClN. The van der Waals surface area contributed by atoms with Crippen molar-refractivity contribution >= 4 is 27.5 Å². The molecule has 0 unspecified atom stereocenters. The largest absolute Gasteiger partial charge is 0.295 e. The fourth-order valence-electron chi connectivity index (χ4n) is 2.79. The number of hydrogen-bond acceptors (Lipinski definition) is 1. The zero-order chi connectivity index (χ0) is 12.8. The van der Waals surface area contributed by atoms with Crippen molar-refractivity contribution in [1.82, 2.24) is 4.90 Å². The van der Waals surface area contributed by atoms with Crippen LogP contribution in [0.1, 0.15) is 37.7 Å². The summed E-state index contributed by atoms with van der Waals surface area (Å²) in [5.74, 6) is 0.723. The maximum absolute atomic E-state index is 5.97. The highest BCUT2D eigenvalue weighted by Crippen LogP contribution is 2.26. The van der Waals surface area contributed by atoms with Crippen LogP contribution in [0.2, 0.25) is 0 Å². The quantitative estimate of drug-likeness (QED) is 0.699. The van der Waals surface area contributed by atoms with E-state index in [4.69, 9.17) is 11.6 Å². The molecule has 0 amide bonds. The van der Waals surface area contributed by atoms with Gasteiger partial charge in [-0.3, -0.25) is 4.90 Å². The molecule has 100 valence electrons. The van der Waals surface area contributed by atoms with Crippen LogP contribution in [0.5, 0.6) is 0 Å². The Morgan fingerprint density at radius 2 is 1.89 bits per heavy atom. The number of benzene rings is 1. The maximum Gasteiger partial charge on any atom is 0.0351 e. The van der Waals surface area contributed by atoms with E-state index in [9.17, 15) is 0 Å². The van der Waals surface area contributed by atoms with E-state index in [1.165, 1.54) is 42.1 Å². The first kappa shape index (κ1) is 14.4. The van der Waals surface area contributed by atoms with Gasteiger partial charge in [-0.05, 0) is 24.5 Å². The Morgan fingerprint density at radius 3 is 2.56 bits per heavy atom. The summed E-state index contributed by atoms with van der Waals surface area (Å²) in [5.41, 5.74) is 1.37. The summed E-state index contributed by atoms with van der Waals surface area (Å²) in [6.07, 6.45) is 6.82. The van der Waals surface area contributed by atoms with E-state index in [0.717, 1.165) is 25.0 Å². The van der Waals surface area contributed by atoms with E-state index in [0.29, 0.717) is 0 Å². The summed E-state index contributed by atoms with van der Waals surface area (Å²) in [7, 11) is 0. The third-order valence-electron chi connectivity index (χ3n) is 3.79. The van der Waals surface area contributed by atoms with Crippen molar-refractivity contribution in [1.29, 1.82) is 0 Å². The van der Waals surface area contributed by atoms with Gasteiger partial charge in [0.25, 0.3) is 0 Å². The second-order valence-electron chi connectivity index (χ2n) is 5.04. The van der Waals surface area contributed by atoms with Gasteiger partial charge in [0.1, 0.15) is 0 Å². The summed E-state index contributed by atoms with van der Waals surface area (Å²) in [6, 6.07) is 9.23. The molecule has 1 aromatic carbocycles. The van der Waals surface area contributed by atoms with Crippen molar-refractivity contribution in [3.05, 3.63) is 34.3 Å². The topological polar surface area (TPSA) is 3.24 Å². The lowest BCUT2D eigenvalue weighted by molar-refractivity contribution is 0.157. The van der Waals surface area contributed by atoms with Crippen LogP contribution in [0.25, 0.3) is 0 Å².